The van der Waals surface area contributed by atoms with Crippen LogP contribution in [-0.4, -0.2) is 25.2 Å². The first-order chi connectivity index (χ1) is 9.97. The first kappa shape index (κ1) is 13.9. The quantitative estimate of drug-likeness (QED) is 0.942. The van der Waals surface area contributed by atoms with Crippen molar-refractivity contribution in [3.05, 3.63) is 35.7 Å². The number of hydrogen-bond donors (Lipinski definition) is 1. The average Bonchev–Trinajstić information content (AvgIpc) is 3.08. The van der Waals surface area contributed by atoms with E-state index in [1.54, 1.807) is 6.20 Å². The van der Waals surface area contributed by atoms with Gasteiger partial charge in [-0.1, -0.05) is 0 Å². The maximum Gasteiger partial charge on any atom is 0.272 e. The predicted molar refractivity (Wildman–Crippen MR) is 79.1 cm³/mol. The minimum absolute atomic E-state index is 0.0352. The molecule has 0 fully saturated rings. The van der Waals surface area contributed by atoms with Crippen LogP contribution in [0.1, 0.15) is 67.3 Å². The van der Waals surface area contributed by atoms with E-state index < -0.39 is 0 Å². The van der Waals surface area contributed by atoms with Crippen LogP contribution in [0.15, 0.2) is 18.5 Å². The van der Waals surface area contributed by atoms with Crippen LogP contribution in [-0.2, 0) is 0 Å². The summed E-state index contributed by atoms with van der Waals surface area (Å²) in [7, 11) is 0. The number of carbonyl (C=O) groups is 1. The summed E-state index contributed by atoms with van der Waals surface area (Å²) in [6.07, 6.45) is 4.62. The van der Waals surface area contributed by atoms with Gasteiger partial charge in [-0.15, -0.1) is 0 Å². The third kappa shape index (κ3) is 2.34. The zero-order valence-corrected chi connectivity index (χ0v) is 12.9. The van der Waals surface area contributed by atoms with E-state index in [-0.39, 0.29) is 18.0 Å². The van der Waals surface area contributed by atoms with Gasteiger partial charge >= 0.3 is 0 Å². The second-order valence-corrected chi connectivity index (χ2v) is 6.01. The lowest BCUT2D eigenvalue weighted by molar-refractivity contribution is 0.0929. The highest BCUT2D eigenvalue weighted by molar-refractivity contribution is 5.92. The van der Waals surface area contributed by atoms with Crippen molar-refractivity contribution in [2.24, 2.45) is 0 Å². The lowest BCUT2D eigenvalue weighted by Crippen LogP contribution is -2.28. The number of aryl methyl sites for hydroxylation is 1. The fraction of sp³-hybridized carbons (Fsp3) is 0.533. The Bertz CT molecular complexity index is 669. The molecule has 3 heterocycles. The van der Waals surface area contributed by atoms with Gasteiger partial charge in [0.2, 0.25) is 0 Å². The van der Waals surface area contributed by atoms with Crippen molar-refractivity contribution < 1.29 is 4.79 Å². The van der Waals surface area contributed by atoms with E-state index in [4.69, 9.17) is 0 Å². The normalized spacial score (nSPS) is 20.8. The summed E-state index contributed by atoms with van der Waals surface area (Å²) in [5.74, 6) is 0.794. The number of nitrogens with zero attached hydrogens (tertiary/aromatic N) is 4. The van der Waals surface area contributed by atoms with Gasteiger partial charge < -0.3 is 9.88 Å². The Morgan fingerprint density at radius 3 is 2.90 bits per heavy atom. The molecule has 0 aliphatic carbocycles. The molecule has 0 radical (unpaired) electrons. The molecule has 21 heavy (non-hydrogen) atoms. The van der Waals surface area contributed by atoms with E-state index in [1.165, 1.54) is 0 Å². The molecule has 1 N–H and O–H groups in total. The van der Waals surface area contributed by atoms with Crippen molar-refractivity contribution in [3.8, 4) is 0 Å². The summed E-state index contributed by atoms with van der Waals surface area (Å²) in [5.41, 5.74) is 1.47. The molecular weight excluding hydrogens is 266 g/mol. The predicted octanol–water partition coefficient (Wildman–Crippen LogP) is 2.40. The van der Waals surface area contributed by atoms with E-state index in [1.807, 2.05) is 23.9 Å². The molecule has 3 rings (SSSR count). The van der Waals surface area contributed by atoms with Crippen molar-refractivity contribution >= 4 is 5.91 Å². The number of imidazole rings is 1. The second-order valence-electron chi connectivity index (χ2n) is 6.01. The molecule has 1 aliphatic rings. The third-order valence-corrected chi connectivity index (χ3v) is 4.01. The van der Waals surface area contributed by atoms with E-state index in [0.717, 1.165) is 17.9 Å². The summed E-state index contributed by atoms with van der Waals surface area (Å²) < 4.78 is 3.98. The largest absolute Gasteiger partial charge is 0.341 e. The molecule has 0 bridgehead atoms. The summed E-state index contributed by atoms with van der Waals surface area (Å²) in [4.78, 5) is 16.8. The summed E-state index contributed by atoms with van der Waals surface area (Å²) in [6, 6.07) is 2.41. The van der Waals surface area contributed by atoms with Crippen LogP contribution in [0.3, 0.4) is 0 Å². The number of fused-ring (bicyclic) bond motifs is 1. The standard InChI is InChI=1S/C15H21N5O/c1-9(2)20-11(4)8-13(18-20)15(21)17-12-7-10(3)19-6-5-16-14(12)19/h5-6,8-10,12H,7H2,1-4H3,(H,17,21). The van der Waals surface area contributed by atoms with Gasteiger partial charge in [0.25, 0.3) is 5.91 Å². The fourth-order valence-corrected chi connectivity index (χ4v) is 3.00. The maximum atomic E-state index is 12.4. The Morgan fingerprint density at radius 2 is 2.24 bits per heavy atom. The summed E-state index contributed by atoms with van der Waals surface area (Å²) >= 11 is 0. The Labute approximate surface area is 124 Å². The van der Waals surface area contributed by atoms with E-state index in [9.17, 15) is 4.79 Å². The minimum Gasteiger partial charge on any atom is -0.341 e. The van der Waals surface area contributed by atoms with Crippen molar-refractivity contribution in [2.45, 2.75) is 52.2 Å². The maximum absolute atomic E-state index is 12.4. The van der Waals surface area contributed by atoms with Gasteiger partial charge in [-0.05, 0) is 40.2 Å². The molecule has 0 spiro atoms. The molecular formula is C15H21N5O. The van der Waals surface area contributed by atoms with Crippen LogP contribution in [0.25, 0.3) is 0 Å². The van der Waals surface area contributed by atoms with Crippen molar-refractivity contribution in [1.29, 1.82) is 0 Å². The molecule has 1 amide bonds. The first-order valence-corrected chi connectivity index (χ1v) is 7.37. The van der Waals surface area contributed by atoms with Crippen molar-refractivity contribution in [3.63, 3.8) is 0 Å². The topological polar surface area (TPSA) is 64.7 Å². The number of rotatable bonds is 3. The lowest BCUT2D eigenvalue weighted by atomic mass is 10.1. The molecule has 2 aromatic heterocycles. The fourth-order valence-electron chi connectivity index (χ4n) is 3.00. The van der Waals surface area contributed by atoms with E-state index in [2.05, 4.69) is 40.7 Å². The zero-order chi connectivity index (χ0) is 15.1. The number of amides is 1. The lowest BCUT2D eigenvalue weighted by Gasteiger charge is -2.10. The van der Waals surface area contributed by atoms with Gasteiger partial charge in [0.05, 0.1) is 6.04 Å². The number of nitrogens with one attached hydrogen (secondary N) is 1. The smallest absolute Gasteiger partial charge is 0.272 e. The minimum atomic E-state index is -0.133. The van der Waals surface area contributed by atoms with Crippen LogP contribution >= 0.6 is 0 Å². The summed E-state index contributed by atoms with van der Waals surface area (Å²) in [6.45, 7) is 8.21. The molecule has 112 valence electrons. The molecule has 2 aromatic rings. The van der Waals surface area contributed by atoms with Crippen molar-refractivity contribution in [1.82, 2.24) is 24.6 Å². The second kappa shape index (κ2) is 5.02. The molecule has 0 aromatic carbocycles. The van der Waals surface area contributed by atoms with Crippen LogP contribution < -0.4 is 5.32 Å². The van der Waals surface area contributed by atoms with E-state index >= 15 is 0 Å². The van der Waals surface area contributed by atoms with E-state index in [0.29, 0.717) is 11.7 Å². The average molecular weight is 287 g/mol. The molecule has 2 unspecified atom stereocenters. The number of aromatic nitrogens is 4. The van der Waals surface area contributed by atoms with Crippen molar-refractivity contribution in [2.75, 3.05) is 0 Å². The summed E-state index contributed by atoms with van der Waals surface area (Å²) in [5, 5.41) is 7.44. The molecule has 6 nitrogen and oxygen atoms in total. The van der Waals surface area contributed by atoms with Gasteiger partial charge in [-0.2, -0.15) is 5.10 Å². The Hall–Kier alpha value is -2.11. The first-order valence-electron chi connectivity index (χ1n) is 7.37. The van der Waals surface area contributed by atoms with Crippen LogP contribution in [0.4, 0.5) is 0 Å². The molecule has 0 saturated heterocycles. The van der Waals surface area contributed by atoms with Gasteiger partial charge in [-0.3, -0.25) is 9.48 Å². The molecule has 1 aliphatic heterocycles. The Balaban J connectivity index is 1.78. The zero-order valence-electron chi connectivity index (χ0n) is 12.9. The third-order valence-electron chi connectivity index (χ3n) is 4.01. The molecule has 0 saturated carbocycles. The highest BCUT2D eigenvalue weighted by Crippen LogP contribution is 2.32. The van der Waals surface area contributed by atoms with Crippen LogP contribution in [0, 0.1) is 6.92 Å². The Morgan fingerprint density at radius 1 is 1.48 bits per heavy atom. The van der Waals surface area contributed by atoms with Gasteiger partial charge in [0.15, 0.2) is 0 Å². The van der Waals surface area contributed by atoms with Gasteiger partial charge in [0, 0.05) is 30.2 Å². The SMILES string of the molecule is Cc1cc(C(=O)NC2CC(C)n3ccnc32)nn1C(C)C. The van der Waals surface area contributed by atoms with Crippen LogP contribution in [0.5, 0.6) is 0 Å². The number of hydrogen-bond acceptors (Lipinski definition) is 3. The molecule has 6 heteroatoms. The Kier molecular flexibility index (Phi) is 3.31. The number of carbonyl (C=O) groups excluding carboxylic acids is 1. The highest BCUT2D eigenvalue weighted by atomic mass is 16.2. The monoisotopic (exact) mass is 287 g/mol. The van der Waals surface area contributed by atoms with Gasteiger partial charge in [-0.25, -0.2) is 4.98 Å². The van der Waals surface area contributed by atoms with Gasteiger partial charge in [0.1, 0.15) is 11.5 Å². The van der Waals surface area contributed by atoms with Crippen LogP contribution in [0.2, 0.25) is 0 Å². The molecule has 2 atom stereocenters. The highest BCUT2D eigenvalue weighted by Gasteiger charge is 2.30.